The first kappa shape index (κ1) is 22.3. The van der Waals surface area contributed by atoms with E-state index in [2.05, 4.69) is 21.7 Å². The lowest BCUT2D eigenvalue weighted by atomic mass is 9.92. The SMILES string of the molecule is Cc1ccc2nc(NC(=O)C(C)Sc3ccc(NC(=O)CC(C)(C)C)cc3)sc2c1. The largest absolute Gasteiger partial charge is 0.326 e. The second kappa shape index (κ2) is 9.18. The smallest absolute Gasteiger partial charge is 0.239 e. The van der Waals surface area contributed by atoms with Crippen LogP contribution in [0.25, 0.3) is 10.2 Å². The predicted octanol–water partition coefficient (Wildman–Crippen LogP) is 6.10. The second-order valence-electron chi connectivity index (χ2n) is 8.55. The van der Waals surface area contributed by atoms with E-state index in [1.165, 1.54) is 28.7 Å². The van der Waals surface area contributed by atoms with E-state index in [1.807, 2.05) is 71.0 Å². The molecule has 2 N–H and O–H groups in total. The number of thiazole rings is 1. The van der Waals surface area contributed by atoms with Crippen molar-refractivity contribution in [2.75, 3.05) is 10.6 Å². The summed E-state index contributed by atoms with van der Waals surface area (Å²) in [6, 6.07) is 13.6. The van der Waals surface area contributed by atoms with Crippen molar-refractivity contribution < 1.29 is 9.59 Å². The fourth-order valence-corrected chi connectivity index (χ4v) is 4.69. The van der Waals surface area contributed by atoms with Gasteiger partial charge >= 0.3 is 0 Å². The van der Waals surface area contributed by atoms with Gasteiger partial charge in [-0.2, -0.15) is 0 Å². The summed E-state index contributed by atoms with van der Waals surface area (Å²) in [5, 5.41) is 6.18. The van der Waals surface area contributed by atoms with Crippen molar-refractivity contribution in [3.05, 3.63) is 48.0 Å². The molecular weight excluding hydrogens is 414 g/mol. The lowest BCUT2D eigenvalue weighted by Gasteiger charge is -2.17. The highest BCUT2D eigenvalue weighted by Crippen LogP contribution is 2.29. The van der Waals surface area contributed by atoms with Crippen LogP contribution >= 0.6 is 23.1 Å². The Hall–Kier alpha value is -2.38. The number of nitrogens with one attached hydrogen (secondary N) is 2. The van der Waals surface area contributed by atoms with E-state index in [0.717, 1.165) is 20.8 Å². The Balaban J connectivity index is 1.56. The predicted molar refractivity (Wildman–Crippen MR) is 127 cm³/mol. The minimum absolute atomic E-state index is 0.00155. The molecule has 3 rings (SSSR count). The molecule has 1 aromatic heterocycles. The summed E-state index contributed by atoms with van der Waals surface area (Å²) in [6.45, 7) is 10.0. The number of fused-ring (bicyclic) bond motifs is 1. The maximum absolute atomic E-state index is 12.6. The zero-order valence-electron chi connectivity index (χ0n) is 17.9. The minimum Gasteiger partial charge on any atom is -0.326 e. The van der Waals surface area contributed by atoms with Gasteiger partial charge in [0, 0.05) is 17.0 Å². The van der Waals surface area contributed by atoms with Crippen molar-refractivity contribution in [1.82, 2.24) is 4.98 Å². The zero-order valence-corrected chi connectivity index (χ0v) is 19.5. The number of rotatable bonds is 6. The highest BCUT2D eigenvalue weighted by Gasteiger charge is 2.18. The summed E-state index contributed by atoms with van der Waals surface area (Å²) in [6.07, 6.45) is 0.464. The molecule has 2 aromatic carbocycles. The number of nitrogens with zero attached hydrogens (tertiary/aromatic N) is 1. The van der Waals surface area contributed by atoms with E-state index >= 15 is 0 Å². The summed E-state index contributed by atoms with van der Waals surface area (Å²) < 4.78 is 1.06. The van der Waals surface area contributed by atoms with Crippen LogP contribution in [0.3, 0.4) is 0 Å². The quantitative estimate of drug-likeness (QED) is 0.454. The van der Waals surface area contributed by atoms with Gasteiger partial charge in [0.25, 0.3) is 0 Å². The number of carbonyl (C=O) groups is 2. The number of hydrogen-bond acceptors (Lipinski definition) is 5. The first-order valence-electron chi connectivity index (χ1n) is 9.84. The molecule has 0 aliphatic heterocycles. The molecule has 0 radical (unpaired) electrons. The van der Waals surface area contributed by atoms with Gasteiger partial charge in [0.05, 0.1) is 15.5 Å². The van der Waals surface area contributed by atoms with Crippen molar-refractivity contribution in [3.8, 4) is 0 Å². The van der Waals surface area contributed by atoms with Crippen LogP contribution in [0.4, 0.5) is 10.8 Å². The number of hydrogen-bond donors (Lipinski definition) is 2. The van der Waals surface area contributed by atoms with Crippen LogP contribution < -0.4 is 10.6 Å². The van der Waals surface area contributed by atoms with E-state index in [-0.39, 0.29) is 22.5 Å². The highest BCUT2D eigenvalue weighted by atomic mass is 32.2. The Morgan fingerprint density at radius 2 is 1.80 bits per heavy atom. The number of thioether (sulfide) groups is 1. The lowest BCUT2D eigenvalue weighted by molar-refractivity contribution is -0.118. The Bertz CT molecular complexity index is 1050. The molecule has 0 saturated carbocycles. The molecule has 7 heteroatoms. The van der Waals surface area contributed by atoms with Gasteiger partial charge in [-0.3, -0.25) is 9.59 Å². The van der Waals surface area contributed by atoms with Gasteiger partial charge in [0.1, 0.15) is 0 Å². The molecule has 1 atom stereocenters. The molecule has 0 spiro atoms. The van der Waals surface area contributed by atoms with Crippen molar-refractivity contribution in [2.24, 2.45) is 5.41 Å². The van der Waals surface area contributed by atoms with Crippen LogP contribution in [0.2, 0.25) is 0 Å². The molecule has 158 valence electrons. The fourth-order valence-electron chi connectivity index (χ4n) is 2.85. The topological polar surface area (TPSA) is 71.1 Å². The maximum atomic E-state index is 12.6. The van der Waals surface area contributed by atoms with Crippen molar-refractivity contribution in [1.29, 1.82) is 0 Å². The summed E-state index contributed by atoms with van der Waals surface area (Å²) in [7, 11) is 0. The third kappa shape index (κ3) is 6.31. The van der Waals surface area contributed by atoms with Gasteiger partial charge in [0.2, 0.25) is 11.8 Å². The number of anilines is 2. The molecular formula is C23H27N3O2S2. The normalized spacial score (nSPS) is 12.6. The van der Waals surface area contributed by atoms with Gasteiger partial charge in [0.15, 0.2) is 5.13 Å². The summed E-state index contributed by atoms with van der Waals surface area (Å²) >= 11 is 2.95. The van der Waals surface area contributed by atoms with Gasteiger partial charge in [-0.1, -0.05) is 38.2 Å². The van der Waals surface area contributed by atoms with Crippen molar-refractivity contribution in [2.45, 2.75) is 51.2 Å². The van der Waals surface area contributed by atoms with Gasteiger partial charge < -0.3 is 10.6 Å². The summed E-state index contributed by atoms with van der Waals surface area (Å²) in [4.78, 5) is 30.1. The minimum atomic E-state index is -0.278. The summed E-state index contributed by atoms with van der Waals surface area (Å²) in [5.74, 6) is -0.0833. The molecule has 0 aliphatic carbocycles. The Kier molecular flexibility index (Phi) is 6.83. The third-order valence-electron chi connectivity index (χ3n) is 4.29. The monoisotopic (exact) mass is 441 g/mol. The van der Waals surface area contributed by atoms with E-state index in [0.29, 0.717) is 11.6 Å². The molecule has 1 unspecified atom stereocenters. The van der Waals surface area contributed by atoms with E-state index in [4.69, 9.17) is 0 Å². The molecule has 5 nitrogen and oxygen atoms in total. The number of aromatic nitrogens is 1. The lowest BCUT2D eigenvalue weighted by Crippen LogP contribution is -2.22. The van der Waals surface area contributed by atoms with Crippen molar-refractivity contribution >= 4 is 55.9 Å². The van der Waals surface area contributed by atoms with Crippen LogP contribution in [0.15, 0.2) is 47.4 Å². The molecule has 0 fully saturated rings. The van der Waals surface area contributed by atoms with E-state index in [1.54, 1.807) is 0 Å². The first-order valence-corrected chi connectivity index (χ1v) is 11.5. The Morgan fingerprint density at radius 3 is 2.47 bits per heavy atom. The number of benzene rings is 2. The van der Waals surface area contributed by atoms with Crippen LogP contribution in [0, 0.1) is 12.3 Å². The van der Waals surface area contributed by atoms with Crippen LogP contribution in [-0.4, -0.2) is 22.0 Å². The van der Waals surface area contributed by atoms with Gasteiger partial charge in [-0.25, -0.2) is 4.98 Å². The molecule has 2 amide bonds. The molecule has 1 heterocycles. The molecule has 0 bridgehead atoms. The number of aryl methyl sites for hydroxylation is 1. The zero-order chi connectivity index (χ0) is 21.9. The number of amides is 2. The van der Waals surface area contributed by atoms with Crippen LogP contribution in [0.1, 0.15) is 39.7 Å². The van der Waals surface area contributed by atoms with Gasteiger partial charge in [-0.15, -0.1) is 11.8 Å². The molecule has 30 heavy (non-hydrogen) atoms. The van der Waals surface area contributed by atoms with Crippen LogP contribution in [-0.2, 0) is 9.59 Å². The van der Waals surface area contributed by atoms with Crippen molar-refractivity contribution in [3.63, 3.8) is 0 Å². The average Bonchev–Trinajstić information content (AvgIpc) is 3.03. The Morgan fingerprint density at radius 1 is 1.10 bits per heavy atom. The fraction of sp³-hybridized carbons (Fsp3) is 0.348. The highest BCUT2D eigenvalue weighted by molar-refractivity contribution is 8.00. The summed E-state index contributed by atoms with van der Waals surface area (Å²) in [5.41, 5.74) is 2.77. The first-order chi connectivity index (χ1) is 14.1. The molecule has 3 aromatic rings. The molecule has 0 saturated heterocycles. The van der Waals surface area contributed by atoms with Crippen LogP contribution in [0.5, 0.6) is 0 Å². The number of carbonyl (C=O) groups excluding carboxylic acids is 2. The second-order valence-corrected chi connectivity index (χ2v) is 11.0. The molecule has 0 aliphatic rings. The average molecular weight is 442 g/mol. The Labute approximate surface area is 185 Å². The van der Waals surface area contributed by atoms with E-state index < -0.39 is 0 Å². The standard InChI is InChI=1S/C23H27N3O2S2/c1-14-6-11-18-19(12-14)30-22(25-18)26-21(28)15(2)29-17-9-7-16(8-10-17)24-20(27)13-23(3,4)5/h6-12,15H,13H2,1-5H3,(H,24,27)(H,25,26,28). The third-order valence-corrected chi connectivity index (χ3v) is 6.33. The maximum Gasteiger partial charge on any atom is 0.239 e. The van der Waals surface area contributed by atoms with E-state index in [9.17, 15) is 9.59 Å². The van der Waals surface area contributed by atoms with Gasteiger partial charge in [-0.05, 0) is 61.2 Å².